The number of hydrogen-bond donors (Lipinski definition) is 1. The van der Waals surface area contributed by atoms with Gasteiger partial charge in [-0.05, 0) is 44.4 Å². The first-order valence-electron chi connectivity index (χ1n) is 9.54. The van der Waals surface area contributed by atoms with Crippen LogP contribution >= 0.6 is 0 Å². The van der Waals surface area contributed by atoms with Crippen LogP contribution in [0.5, 0.6) is 0 Å². The number of urea groups is 1. The van der Waals surface area contributed by atoms with E-state index in [0.717, 1.165) is 58.0 Å². The Balaban J connectivity index is 1.68. The summed E-state index contributed by atoms with van der Waals surface area (Å²) in [6.07, 6.45) is 11.5. The molecule has 1 heterocycles. The van der Waals surface area contributed by atoms with Gasteiger partial charge in [0.1, 0.15) is 0 Å². The van der Waals surface area contributed by atoms with E-state index in [9.17, 15) is 9.59 Å². The number of carbonyl (C=O) groups is 2. The van der Waals surface area contributed by atoms with Crippen LogP contribution in [0.1, 0.15) is 51.9 Å². The Bertz CT molecular complexity index is 442. The Hall–Kier alpha value is -1.52. The van der Waals surface area contributed by atoms with Crippen LogP contribution in [-0.4, -0.2) is 55.0 Å². The fraction of sp³-hybridized carbons (Fsp3) is 0.789. The van der Waals surface area contributed by atoms with Crippen molar-refractivity contribution in [3.8, 4) is 0 Å². The third kappa shape index (κ3) is 5.53. The molecular formula is C19H33N3O2. The number of nitrogens with one attached hydrogen (secondary N) is 1. The third-order valence-corrected chi connectivity index (χ3v) is 5.27. The highest BCUT2D eigenvalue weighted by molar-refractivity contribution is 5.79. The summed E-state index contributed by atoms with van der Waals surface area (Å²) in [6, 6.07) is 0.0368. The highest BCUT2D eigenvalue weighted by Crippen LogP contribution is 2.20. The van der Waals surface area contributed by atoms with Crippen molar-refractivity contribution in [1.82, 2.24) is 15.1 Å². The molecule has 1 aliphatic heterocycles. The van der Waals surface area contributed by atoms with E-state index in [0.29, 0.717) is 19.0 Å². The van der Waals surface area contributed by atoms with Crippen LogP contribution in [0.3, 0.4) is 0 Å². The molecule has 1 saturated heterocycles. The topological polar surface area (TPSA) is 52.7 Å². The molecule has 5 heteroatoms. The Morgan fingerprint density at radius 2 is 1.96 bits per heavy atom. The normalized spacial score (nSPS) is 21.6. The van der Waals surface area contributed by atoms with E-state index in [4.69, 9.17) is 0 Å². The largest absolute Gasteiger partial charge is 0.346 e. The van der Waals surface area contributed by atoms with Crippen molar-refractivity contribution in [2.24, 2.45) is 11.8 Å². The number of allylic oxidation sites excluding steroid dienone is 2. The van der Waals surface area contributed by atoms with Crippen LogP contribution in [0.25, 0.3) is 0 Å². The van der Waals surface area contributed by atoms with E-state index in [-0.39, 0.29) is 17.9 Å². The molecule has 1 N–H and O–H groups in total. The van der Waals surface area contributed by atoms with E-state index in [1.54, 1.807) is 0 Å². The molecule has 1 unspecified atom stereocenters. The molecule has 2 aliphatic rings. The second-order valence-electron chi connectivity index (χ2n) is 7.21. The molecule has 5 nitrogen and oxygen atoms in total. The molecule has 0 radical (unpaired) electrons. The van der Waals surface area contributed by atoms with E-state index in [1.165, 1.54) is 0 Å². The summed E-state index contributed by atoms with van der Waals surface area (Å²) in [7, 11) is 1.90. The maximum absolute atomic E-state index is 12.4. The summed E-state index contributed by atoms with van der Waals surface area (Å²) >= 11 is 0. The molecule has 1 atom stereocenters. The molecule has 1 fully saturated rings. The Morgan fingerprint density at radius 1 is 1.21 bits per heavy atom. The van der Waals surface area contributed by atoms with Crippen molar-refractivity contribution in [2.75, 3.05) is 33.2 Å². The van der Waals surface area contributed by atoms with Crippen LogP contribution < -0.4 is 5.32 Å². The molecule has 0 aromatic rings. The number of piperidine rings is 1. The summed E-state index contributed by atoms with van der Waals surface area (Å²) < 4.78 is 0. The standard InChI is InChI=1S/C19H33N3O2/c1-3-4-12-21(2)18(23)17-10-13-22(14-11-17)19(24)20-15-16-8-6-5-7-9-16/h5-6,16-17H,3-4,7-15H2,1-2H3,(H,20,24). The highest BCUT2D eigenvalue weighted by atomic mass is 16.2. The molecule has 0 bridgehead atoms. The van der Waals surface area contributed by atoms with Gasteiger partial charge in [-0.1, -0.05) is 25.5 Å². The number of hydrogen-bond acceptors (Lipinski definition) is 2. The summed E-state index contributed by atoms with van der Waals surface area (Å²) in [5.41, 5.74) is 0. The quantitative estimate of drug-likeness (QED) is 0.759. The third-order valence-electron chi connectivity index (χ3n) is 5.27. The number of carbonyl (C=O) groups excluding carboxylic acids is 2. The first-order valence-corrected chi connectivity index (χ1v) is 9.54. The molecule has 3 amide bonds. The molecule has 0 aromatic heterocycles. The number of likely N-dealkylation sites (tertiary alicyclic amines) is 1. The number of rotatable bonds is 6. The van der Waals surface area contributed by atoms with E-state index in [1.807, 2.05) is 16.8 Å². The molecule has 24 heavy (non-hydrogen) atoms. The van der Waals surface area contributed by atoms with Crippen molar-refractivity contribution in [3.63, 3.8) is 0 Å². The van der Waals surface area contributed by atoms with Crippen molar-refractivity contribution >= 4 is 11.9 Å². The Labute approximate surface area is 146 Å². The first-order chi connectivity index (χ1) is 11.6. The van der Waals surface area contributed by atoms with Gasteiger partial charge in [0.2, 0.25) is 5.91 Å². The maximum atomic E-state index is 12.4. The van der Waals surface area contributed by atoms with Crippen LogP contribution in [0.15, 0.2) is 12.2 Å². The van der Waals surface area contributed by atoms with Gasteiger partial charge >= 0.3 is 6.03 Å². The average molecular weight is 335 g/mol. The van der Waals surface area contributed by atoms with Gasteiger partial charge in [-0.3, -0.25) is 4.79 Å². The van der Waals surface area contributed by atoms with Gasteiger partial charge in [0.25, 0.3) is 0 Å². The predicted molar refractivity (Wildman–Crippen MR) is 96.7 cm³/mol. The molecule has 136 valence electrons. The first kappa shape index (κ1) is 18.8. The van der Waals surface area contributed by atoms with E-state index >= 15 is 0 Å². The fourth-order valence-electron chi connectivity index (χ4n) is 3.53. The zero-order chi connectivity index (χ0) is 17.4. The molecule has 0 spiro atoms. The molecule has 0 saturated carbocycles. The predicted octanol–water partition coefficient (Wildman–Crippen LogP) is 3.02. The lowest BCUT2D eigenvalue weighted by Crippen LogP contribution is -2.48. The number of nitrogens with zero attached hydrogens (tertiary/aromatic N) is 2. The Morgan fingerprint density at radius 3 is 2.58 bits per heavy atom. The monoisotopic (exact) mass is 335 g/mol. The summed E-state index contributed by atoms with van der Waals surface area (Å²) in [5, 5.41) is 3.07. The zero-order valence-electron chi connectivity index (χ0n) is 15.3. The molecule has 2 rings (SSSR count). The smallest absolute Gasteiger partial charge is 0.317 e. The molecule has 1 aliphatic carbocycles. The minimum absolute atomic E-state index is 0.0368. The maximum Gasteiger partial charge on any atom is 0.317 e. The van der Waals surface area contributed by atoms with Crippen LogP contribution in [0.2, 0.25) is 0 Å². The van der Waals surface area contributed by atoms with Crippen molar-refractivity contribution in [1.29, 1.82) is 0 Å². The molecule has 0 aromatic carbocycles. The van der Waals surface area contributed by atoms with Gasteiger partial charge in [-0.25, -0.2) is 4.79 Å². The van der Waals surface area contributed by atoms with E-state index < -0.39 is 0 Å². The van der Waals surface area contributed by atoms with Gasteiger partial charge in [0.15, 0.2) is 0 Å². The van der Waals surface area contributed by atoms with Gasteiger partial charge in [0, 0.05) is 39.1 Å². The lowest BCUT2D eigenvalue weighted by molar-refractivity contribution is -0.135. The second-order valence-corrected chi connectivity index (χ2v) is 7.21. The minimum Gasteiger partial charge on any atom is -0.346 e. The number of amides is 3. The lowest BCUT2D eigenvalue weighted by atomic mass is 9.94. The summed E-state index contributed by atoms with van der Waals surface area (Å²) in [4.78, 5) is 28.4. The fourth-order valence-corrected chi connectivity index (χ4v) is 3.53. The van der Waals surface area contributed by atoms with Gasteiger partial charge in [0.05, 0.1) is 0 Å². The van der Waals surface area contributed by atoms with Crippen molar-refractivity contribution in [3.05, 3.63) is 12.2 Å². The summed E-state index contributed by atoms with van der Waals surface area (Å²) in [5.74, 6) is 0.905. The zero-order valence-corrected chi connectivity index (χ0v) is 15.3. The molecular weight excluding hydrogens is 302 g/mol. The SMILES string of the molecule is CCCCN(C)C(=O)C1CCN(C(=O)NCC2CC=CCC2)CC1. The van der Waals surface area contributed by atoms with Crippen molar-refractivity contribution in [2.45, 2.75) is 51.9 Å². The van der Waals surface area contributed by atoms with E-state index in [2.05, 4.69) is 24.4 Å². The Kier molecular flexibility index (Phi) is 7.60. The van der Waals surface area contributed by atoms with Gasteiger partial charge in [-0.15, -0.1) is 0 Å². The average Bonchev–Trinajstić information content (AvgIpc) is 2.64. The van der Waals surface area contributed by atoms with Crippen LogP contribution in [0.4, 0.5) is 4.79 Å². The van der Waals surface area contributed by atoms with Gasteiger partial charge < -0.3 is 15.1 Å². The van der Waals surface area contributed by atoms with Crippen LogP contribution in [-0.2, 0) is 4.79 Å². The summed E-state index contributed by atoms with van der Waals surface area (Å²) in [6.45, 7) is 5.12. The highest BCUT2D eigenvalue weighted by Gasteiger charge is 2.29. The van der Waals surface area contributed by atoms with Gasteiger partial charge in [-0.2, -0.15) is 0 Å². The second kappa shape index (κ2) is 9.70. The van der Waals surface area contributed by atoms with Crippen molar-refractivity contribution < 1.29 is 9.59 Å². The minimum atomic E-state index is 0.0368. The van der Waals surface area contributed by atoms with Crippen LogP contribution in [0, 0.1) is 11.8 Å². The number of unbranched alkanes of at least 4 members (excludes halogenated alkanes) is 1. The lowest BCUT2D eigenvalue weighted by Gasteiger charge is -2.33.